The van der Waals surface area contributed by atoms with Crippen molar-refractivity contribution in [3.05, 3.63) is 40.6 Å². The summed E-state index contributed by atoms with van der Waals surface area (Å²) in [6.45, 7) is 3.65. The average molecular weight is 291 g/mol. The number of benzene rings is 1. The number of quaternary nitrogens is 1. The second kappa shape index (κ2) is 7.16. The molecule has 1 fully saturated rings. The molecule has 0 amide bonds. The number of carbonyl (C=O) groups excluding carboxylic acids is 1. The molecule has 1 aliphatic rings. The summed E-state index contributed by atoms with van der Waals surface area (Å²) < 4.78 is -0.213. The minimum atomic E-state index is -0.246. The standard InChI is InChI=1S/C17H25NO3/c1-14(13-18(21)10-3-2-4-11-18)17(20)16-7-5-15(6-8-16)9-12-19/h5-8,14,19H,2-4,9-13H2,1H3. The Labute approximate surface area is 126 Å². The summed E-state index contributed by atoms with van der Waals surface area (Å²) in [5.74, 6) is -0.200. The van der Waals surface area contributed by atoms with E-state index in [9.17, 15) is 10.0 Å². The molecule has 2 rings (SSSR count). The molecule has 0 bridgehead atoms. The van der Waals surface area contributed by atoms with E-state index in [1.807, 2.05) is 19.1 Å². The SMILES string of the molecule is CC(C[N+]1([O-])CCCCC1)C(=O)c1ccc(CCO)cc1. The summed E-state index contributed by atoms with van der Waals surface area (Å²) >= 11 is 0. The van der Waals surface area contributed by atoms with E-state index in [4.69, 9.17) is 5.11 Å². The first-order valence-corrected chi connectivity index (χ1v) is 7.85. The Kier molecular flexibility index (Phi) is 5.51. The zero-order valence-electron chi connectivity index (χ0n) is 12.8. The topological polar surface area (TPSA) is 60.4 Å². The van der Waals surface area contributed by atoms with Crippen molar-refractivity contribution >= 4 is 5.78 Å². The molecule has 1 aliphatic heterocycles. The van der Waals surface area contributed by atoms with Crippen LogP contribution in [0.15, 0.2) is 24.3 Å². The van der Waals surface area contributed by atoms with E-state index in [0.717, 1.165) is 24.8 Å². The molecule has 1 aromatic rings. The molecule has 0 radical (unpaired) electrons. The van der Waals surface area contributed by atoms with Crippen LogP contribution in [0.25, 0.3) is 0 Å². The van der Waals surface area contributed by atoms with Gasteiger partial charge in [-0.25, -0.2) is 0 Å². The fourth-order valence-corrected chi connectivity index (χ4v) is 3.10. The van der Waals surface area contributed by atoms with Gasteiger partial charge < -0.3 is 15.0 Å². The van der Waals surface area contributed by atoms with Crippen molar-refractivity contribution in [2.75, 3.05) is 26.2 Å². The van der Waals surface area contributed by atoms with Gasteiger partial charge in [0.15, 0.2) is 5.78 Å². The molecule has 1 unspecified atom stereocenters. The number of hydrogen-bond donors (Lipinski definition) is 1. The van der Waals surface area contributed by atoms with Gasteiger partial charge in [0.05, 0.1) is 25.6 Å². The zero-order chi connectivity index (χ0) is 15.3. The van der Waals surface area contributed by atoms with Crippen LogP contribution in [0, 0.1) is 11.1 Å². The molecule has 0 aromatic heterocycles. The fourth-order valence-electron chi connectivity index (χ4n) is 3.10. The Hall–Kier alpha value is -1.23. The van der Waals surface area contributed by atoms with Gasteiger partial charge in [0, 0.05) is 12.2 Å². The smallest absolute Gasteiger partial charge is 0.171 e. The number of hydroxylamine groups is 3. The van der Waals surface area contributed by atoms with Gasteiger partial charge in [0.25, 0.3) is 0 Å². The first-order chi connectivity index (χ1) is 10.0. The lowest BCUT2D eigenvalue weighted by molar-refractivity contribution is -0.887. The number of carbonyl (C=O) groups is 1. The Morgan fingerprint density at radius 1 is 1.24 bits per heavy atom. The number of hydrogen-bond acceptors (Lipinski definition) is 3. The van der Waals surface area contributed by atoms with Gasteiger partial charge in [-0.3, -0.25) is 4.79 Å². The molecule has 1 saturated heterocycles. The predicted molar refractivity (Wildman–Crippen MR) is 82.8 cm³/mol. The number of Topliss-reactive ketones (excluding diaryl/α,β-unsaturated/α-hetero) is 1. The molecular formula is C17H25NO3. The van der Waals surface area contributed by atoms with Crippen molar-refractivity contribution < 1.29 is 14.5 Å². The maximum atomic E-state index is 12.6. The normalized spacial score (nSPS) is 19.2. The second-order valence-electron chi connectivity index (χ2n) is 6.18. The number of rotatable bonds is 6. The molecule has 0 spiro atoms. The lowest BCUT2D eigenvalue weighted by Crippen LogP contribution is -2.49. The van der Waals surface area contributed by atoms with E-state index in [0.29, 0.717) is 31.6 Å². The molecule has 1 aromatic carbocycles. The Balaban J connectivity index is 1.98. The van der Waals surface area contributed by atoms with Crippen LogP contribution in [-0.2, 0) is 6.42 Å². The monoisotopic (exact) mass is 291 g/mol. The van der Waals surface area contributed by atoms with Gasteiger partial charge >= 0.3 is 0 Å². The number of piperidine rings is 1. The minimum Gasteiger partial charge on any atom is -0.633 e. The van der Waals surface area contributed by atoms with Crippen molar-refractivity contribution in [1.82, 2.24) is 0 Å². The Morgan fingerprint density at radius 2 is 1.86 bits per heavy atom. The van der Waals surface area contributed by atoms with E-state index in [1.165, 1.54) is 0 Å². The summed E-state index contributed by atoms with van der Waals surface area (Å²) in [6.07, 6.45) is 3.68. The van der Waals surface area contributed by atoms with Gasteiger partial charge in [0.2, 0.25) is 0 Å². The van der Waals surface area contributed by atoms with Crippen molar-refractivity contribution in [1.29, 1.82) is 0 Å². The van der Waals surface area contributed by atoms with Crippen LogP contribution < -0.4 is 0 Å². The van der Waals surface area contributed by atoms with Crippen molar-refractivity contribution in [2.24, 2.45) is 5.92 Å². The molecular weight excluding hydrogens is 266 g/mol. The van der Waals surface area contributed by atoms with Gasteiger partial charge in [-0.1, -0.05) is 24.3 Å². The summed E-state index contributed by atoms with van der Waals surface area (Å²) in [7, 11) is 0. The molecule has 1 N–H and O–H groups in total. The van der Waals surface area contributed by atoms with Crippen LogP contribution in [-0.4, -0.2) is 41.8 Å². The third kappa shape index (κ3) is 4.37. The molecule has 21 heavy (non-hydrogen) atoms. The summed E-state index contributed by atoms with van der Waals surface area (Å²) in [6, 6.07) is 7.35. The lowest BCUT2D eigenvalue weighted by Gasteiger charge is -2.46. The van der Waals surface area contributed by atoms with Crippen LogP contribution in [0.5, 0.6) is 0 Å². The van der Waals surface area contributed by atoms with Gasteiger partial charge in [-0.15, -0.1) is 0 Å². The third-order valence-corrected chi connectivity index (χ3v) is 4.32. The molecule has 0 saturated carbocycles. The molecule has 1 atom stereocenters. The van der Waals surface area contributed by atoms with Crippen molar-refractivity contribution in [3.63, 3.8) is 0 Å². The number of aliphatic hydroxyl groups is 1. The molecule has 0 aliphatic carbocycles. The molecule has 1 heterocycles. The van der Waals surface area contributed by atoms with Gasteiger partial charge in [-0.2, -0.15) is 0 Å². The highest BCUT2D eigenvalue weighted by Gasteiger charge is 2.27. The Bertz CT molecular complexity index is 463. The van der Waals surface area contributed by atoms with Crippen LogP contribution in [0.1, 0.15) is 42.1 Å². The summed E-state index contributed by atoms with van der Waals surface area (Å²) in [5.41, 5.74) is 1.68. The quantitative estimate of drug-likeness (QED) is 0.498. The van der Waals surface area contributed by atoms with E-state index in [-0.39, 0.29) is 23.0 Å². The van der Waals surface area contributed by atoms with E-state index in [1.54, 1.807) is 12.1 Å². The molecule has 4 heteroatoms. The zero-order valence-corrected chi connectivity index (χ0v) is 12.8. The maximum Gasteiger partial charge on any atom is 0.171 e. The highest BCUT2D eigenvalue weighted by Crippen LogP contribution is 2.21. The summed E-state index contributed by atoms with van der Waals surface area (Å²) in [5, 5.41) is 21.5. The first-order valence-electron chi connectivity index (χ1n) is 7.85. The number of ketones is 1. The van der Waals surface area contributed by atoms with Gasteiger partial charge in [0.1, 0.15) is 0 Å². The first kappa shape index (κ1) is 16.1. The van der Waals surface area contributed by atoms with Gasteiger partial charge in [-0.05, 0) is 38.2 Å². The number of aliphatic hydroxyl groups excluding tert-OH is 1. The highest BCUT2D eigenvalue weighted by atomic mass is 16.5. The van der Waals surface area contributed by atoms with Crippen molar-refractivity contribution in [2.45, 2.75) is 32.6 Å². The van der Waals surface area contributed by atoms with Crippen molar-refractivity contribution in [3.8, 4) is 0 Å². The maximum absolute atomic E-state index is 12.6. The predicted octanol–water partition coefficient (Wildman–Crippen LogP) is 2.54. The van der Waals surface area contributed by atoms with Crippen LogP contribution in [0.3, 0.4) is 0 Å². The fraction of sp³-hybridized carbons (Fsp3) is 0.588. The lowest BCUT2D eigenvalue weighted by atomic mass is 9.96. The van der Waals surface area contributed by atoms with Crippen LogP contribution >= 0.6 is 0 Å². The number of likely N-dealkylation sites (tertiary alicyclic amines) is 1. The van der Waals surface area contributed by atoms with Crippen LogP contribution in [0.4, 0.5) is 0 Å². The van der Waals surface area contributed by atoms with E-state index >= 15 is 0 Å². The van der Waals surface area contributed by atoms with Crippen LogP contribution in [0.2, 0.25) is 0 Å². The van der Waals surface area contributed by atoms with E-state index < -0.39 is 0 Å². The summed E-state index contributed by atoms with van der Waals surface area (Å²) in [4.78, 5) is 12.4. The highest BCUT2D eigenvalue weighted by molar-refractivity contribution is 5.97. The minimum absolute atomic E-state index is 0.0458. The second-order valence-corrected chi connectivity index (χ2v) is 6.18. The largest absolute Gasteiger partial charge is 0.633 e. The number of nitrogens with zero attached hydrogens (tertiary/aromatic N) is 1. The average Bonchev–Trinajstić information content (AvgIpc) is 2.48. The molecule has 4 nitrogen and oxygen atoms in total. The third-order valence-electron chi connectivity index (χ3n) is 4.32. The molecule has 116 valence electrons. The van der Waals surface area contributed by atoms with E-state index in [2.05, 4.69) is 0 Å². The Morgan fingerprint density at radius 3 is 2.43 bits per heavy atom.